The number of aliphatic hydroxyl groups is 1. The van der Waals surface area contributed by atoms with E-state index in [9.17, 15) is 15.2 Å². The van der Waals surface area contributed by atoms with E-state index in [1.54, 1.807) is 12.1 Å². The minimum absolute atomic E-state index is 0.0623. The Morgan fingerprint density at radius 1 is 1.55 bits per heavy atom. The zero-order valence-corrected chi connectivity index (χ0v) is 12.1. The number of non-ortho nitro benzene ring substituents is 1. The highest BCUT2D eigenvalue weighted by atomic mass is 16.6. The lowest BCUT2D eigenvalue weighted by atomic mass is 9.82. The van der Waals surface area contributed by atoms with Crippen molar-refractivity contribution in [2.75, 3.05) is 19.7 Å². The molecule has 2 unspecified atom stereocenters. The van der Waals surface area contributed by atoms with E-state index in [2.05, 4.69) is 18.7 Å². The molecule has 20 heavy (non-hydrogen) atoms. The second kappa shape index (κ2) is 5.89. The first-order valence-electron chi connectivity index (χ1n) is 7.04. The topological polar surface area (TPSA) is 66.6 Å². The summed E-state index contributed by atoms with van der Waals surface area (Å²) in [5.74, 6) is 0. The summed E-state index contributed by atoms with van der Waals surface area (Å²) in [5.41, 5.74) is 1.03. The SMILES string of the molecule is CC(c1cccc([N+](=O)[O-])c1)N1CCCC(C)(CO)C1. The van der Waals surface area contributed by atoms with Gasteiger partial charge in [-0.15, -0.1) is 0 Å². The molecule has 1 N–H and O–H groups in total. The van der Waals surface area contributed by atoms with E-state index >= 15 is 0 Å². The highest BCUT2D eigenvalue weighted by Gasteiger charge is 2.32. The van der Waals surface area contributed by atoms with Gasteiger partial charge in [0.2, 0.25) is 0 Å². The second-order valence-electron chi connectivity index (χ2n) is 6.07. The number of rotatable bonds is 4. The minimum atomic E-state index is -0.357. The van der Waals surface area contributed by atoms with Crippen molar-refractivity contribution >= 4 is 5.69 Å². The molecular formula is C15H22N2O3. The van der Waals surface area contributed by atoms with Gasteiger partial charge in [0.25, 0.3) is 5.69 Å². The third-order valence-corrected chi connectivity index (χ3v) is 4.30. The smallest absolute Gasteiger partial charge is 0.269 e. The van der Waals surface area contributed by atoms with Gasteiger partial charge >= 0.3 is 0 Å². The largest absolute Gasteiger partial charge is 0.396 e. The van der Waals surface area contributed by atoms with Crippen molar-refractivity contribution in [3.05, 3.63) is 39.9 Å². The van der Waals surface area contributed by atoms with Crippen LogP contribution in [0, 0.1) is 15.5 Å². The molecule has 5 nitrogen and oxygen atoms in total. The van der Waals surface area contributed by atoms with E-state index in [0.717, 1.165) is 31.5 Å². The molecule has 0 radical (unpaired) electrons. The summed E-state index contributed by atoms with van der Waals surface area (Å²) >= 11 is 0. The molecule has 0 bridgehead atoms. The maximum atomic E-state index is 10.9. The summed E-state index contributed by atoms with van der Waals surface area (Å²) in [6.45, 7) is 6.15. The van der Waals surface area contributed by atoms with Gasteiger partial charge < -0.3 is 5.11 Å². The molecule has 2 atom stereocenters. The van der Waals surface area contributed by atoms with Crippen LogP contribution in [0.2, 0.25) is 0 Å². The molecular weight excluding hydrogens is 256 g/mol. The molecule has 1 heterocycles. The number of nitrogens with zero attached hydrogens (tertiary/aromatic N) is 2. The van der Waals surface area contributed by atoms with Crippen LogP contribution in [0.15, 0.2) is 24.3 Å². The van der Waals surface area contributed by atoms with Gasteiger partial charge in [-0.25, -0.2) is 0 Å². The van der Waals surface area contributed by atoms with Gasteiger partial charge in [0.1, 0.15) is 0 Å². The monoisotopic (exact) mass is 278 g/mol. The Morgan fingerprint density at radius 3 is 2.95 bits per heavy atom. The standard InChI is InChI=1S/C15H22N2O3/c1-12(13-5-3-6-14(9-13)17(19)20)16-8-4-7-15(2,10-16)11-18/h3,5-6,9,12,18H,4,7-8,10-11H2,1-2H3. The maximum Gasteiger partial charge on any atom is 0.269 e. The minimum Gasteiger partial charge on any atom is -0.396 e. The summed E-state index contributed by atoms with van der Waals surface area (Å²) in [4.78, 5) is 12.8. The summed E-state index contributed by atoms with van der Waals surface area (Å²) in [6.07, 6.45) is 2.08. The maximum absolute atomic E-state index is 10.9. The van der Waals surface area contributed by atoms with Crippen LogP contribution in [-0.2, 0) is 0 Å². The first-order chi connectivity index (χ1) is 9.45. The number of hydrogen-bond acceptors (Lipinski definition) is 4. The normalized spacial score (nSPS) is 25.4. The molecule has 0 spiro atoms. The van der Waals surface area contributed by atoms with Crippen LogP contribution in [0.3, 0.4) is 0 Å². The van der Waals surface area contributed by atoms with Crippen LogP contribution in [-0.4, -0.2) is 34.6 Å². The van der Waals surface area contributed by atoms with Gasteiger partial charge in [0, 0.05) is 36.7 Å². The average Bonchev–Trinajstić information content (AvgIpc) is 2.46. The molecule has 2 rings (SSSR count). The van der Waals surface area contributed by atoms with Crippen LogP contribution < -0.4 is 0 Å². The van der Waals surface area contributed by atoms with E-state index in [-0.39, 0.29) is 28.7 Å². The first kappa shape index (κ1) is 14.9. The summed E-state index contributed by atoms with van der Waals surface area (Å²) in [7, 11) is 0. The highest BCUT2D eigenvalue weighted by molar-refractivity contribution is 5.35. The van der Waals surface area contributed by atoms with Crippen molar-refractivity contribution in [1.82, 2.24) is 4.90 Å². The molecule has 5 heteroatoms. The van der Waals surface area contributed by atoms with E-state index in [0.29, 0.717) is 0 Å². The fraction of sp³-hybridized carbons (Fsp3) is 0.600. The van der Waals surface area contributed by atoms with Crippen LogP contribution in [0.25, 0.3) is 0 Å². The second-order valence-corrected chi connectivity index (χ2v) is 6.07. The fourth-order valence-electron chi connectivity index (χ4n) is 2.93. The fourth-order valence-corrected chi connectivity index (χ4v) is 2.93. The van der Waals surface area contributed by atoms with Crippen LogP contribution in [0.5, 0.6) is 0 Å². The number of benzene rings is 1. The molecule has 1 aromatic rings. The van der Waals surface area contributed by atoms with Gasteiger partial charge in [0.15, 0.2) is 0 Å². The molecule has 0 aromatic heterocycles. The van der Waals surface area contributed by atoms with Crippen LogP contribution >= 0.6 is 0 Å². The van der Waals surface area contributed by atoms with Gasteiger partial charge in [0.05, 0.1) is 4.92 Å². The zero-order valence-electron chi connectivity index (χ0n) is 12.1. The lowest BCUT2D eigenvalue weighted by Crippen LogP contribution is -2.44. The Kier molecular flexibility index (Phi) is 4.40. The van der Waals surface area contributed by atoms with Gasteiger partial charge in [-0.2, -0.15) is 0 Å². The Labute approximate surface area is 119 Å². The lowest BCUT2D eigenvalue weighted by molar-refractivity contribution is -0.385. The van der Waals surface area contributed by atoms with Crippen molar-refractivity contribution in [2.24, 2.45) is 5.41 Å². The molecule has 1 aromatic carbocycles. The molecule has 110 valence electrons. The van der Waals surface area contributed by atoms with Crippen molar-refractivity contribution in [2.45, 2.75) is 32.7 Å². The first-order valence-corrected chi connectivity index (χ1v) is 7.04. The number of nitro groups is 1. The molecule has 1 saturated heterocycles. The van der Waals surface area contributed by atoms with Crippen molar-refractivity contribution in [3.8, 4) is 0 Å². The van der Waals surface area contributed by atoms with Crippen LogP contribution in [0.1, 0.15) is 38.3 Å². The number of piperidine rings is 1. The Morgan fingerprint density at radius 2 is 2.30 bits per heavy atom. The third-order valence-electron chi connectivity index (χ3n) is 4.30. The Hall–Kier alpha value is -1.46. The molecule has 1 fully saturated rings. The summed E-state index contributed by atoms with van der Waals surface area (Å²) in [5, 5.41) is 20.4. The van der Waals surface area contributed by atoms with Gasteiger partial charge in [-0.1, -0.05) is 19.1 Å². The average molecular weight is 278 g/mol. The zero-order chi connectivity index (χ0) is 14.8. The summed E-state index contributed by atoms with van der Waals surface area (Å²) in [6, 6.07) is 6.96. The molecule has 0 amide bonds. The quantitative estimate of drug-likeness (QED) is 0.679. The van der Waals surface area contributed by atoms with Gasteiger partial charge in [-0.05, 0) is 31.9 Å². The van der Waals surface area contributed by atoms with Crippen molar-refractivity contribution in [3.63, 3.8) is 0 Å². The number of aliphatic hydroxyl groups excluding tert-OH is 1. The predicted octanol–water partition coefficient (Wildman–Crippen LogP) is 2.75. The van der Waals surface area contributed by atoms with Gasteiger partial charge in [-0.3, -0.25) is 15.0 Å². The molecule has 1 aliphatic heterocycles. The number of nitro benzene ring substituents is 1. The Bertz CT molecular complexity index is 492. The lowest BCUT2D eigenvalue weighted by Gasteiger charge is -2.42. The van der Waals surface area contributed by atoms with E-state index in [4.69, 9.17) is 0 Å². The highest BCUT2D eigenvalue weighted by Crippen LogP contribution is 2.34. The number of hydrogen-bond donors (Lipinski definition) is 1. The predicted molar refractivity (Wildman–Crippen MR) is 77.5 cm³/mol. The number of likely N-dealkylation sites (tertiary alicyclic amines) is 1. The van der Waals surface area contributed by atoms with E-state index in [1.807, 2.05) is 6.07 Å². The molecule has 0 saturated carbocycles. The molecule has 1 aliphatic rings. The van der Waals surface area contributed by atoms with Crippen molar-refractivity contribution < 1.29 is 10.0 Å². The van der Waals surface area contributed by atoms with E-state index in [1.165, 1.54) is 6.07 Å². The summed E-state index contributed by atoms with van der Waals surface area (Å²) < 4.78 is 0. The van der Waals surface area contributed by atoms with Crippen LogP contribution in [0.4, 0.5) is 5.69 Å². The third kappa shape index (κ3) is 3.16. The Balaban J connectivity index is 2.16. The van der Waals surface area contributed by atoms with Crippen molar-refractivity contribution in [1.29, 1.82) is 0 Å². The van der Waals surface area contributed by atoms with E-state index < -0.39 is 0 Å². The molecule has 0 aliphatic carbocycles.